The maximum absolute atomic E-state index is 13.3. The number of carbonyl (C=O) groups excluding carboxylic acids is 1. The molecule has 1 aromatic carbocycles. The summed E-state index contributed by atoms with van der Waals surface area (Å²) in [6.07, 6.45) is 11.0. The normalized spacial score (nSPS) is 34.2. The maximum Gasteiger partial charge on any atom is 0.283 e. The van der Waals surface area contributed by atoms with Crippen LogP contribution < -0.4 is 14.4 Å². The minimum absolute atomic E-state index is 0.0254. The quantitative estimate of drug-likeness (QED) is 0.323. The van der Waals surface area contributed by atoms with Gasteiger partial charge in [0.1, 0.15) is 24.5 Å². The van der Waals surface area contributed by atoms with Crippen molar-refractivity contribution >= 4 is 33.3 Å². The molecule has 5 aliphatic rings. The van der Waals surface area contributed by atoms with E-state index < -0.39 is 21.2 Å². The topological polar surface area (TPSA) is 101 Å². The number of benzene rings is 1. The molecule has 1 aromatic heterocycles. The number of nitrogens with one attached hydrogen (secondary N) is 1. The summed E-state index contributed by atoms with van der Waals surface area (Å²) in [4.78, 5) is 20.4. The largest absolute Gasteiger partial charge is 0.485 e. The fourth-order valence-electron chi connectivity index (χ4n) is 6.78. The summed E-state index contributed by atoms with van der Waals surface area (Å²) in [6.45, 7) is 5.34. The van der Waals surface area contributed by atoms with E-state index in [9.17, 15) is 13.2 Å². The van der Waals surface area contributed by atoms with Gasteiger partial charge in [-0.1, -0.05) is 42.8 Å². The zero-order valence-corrected chi connectivity index (χ0v) is 25.5. The average Bonchev–Trinajstić information content (AvgIpc) is 3.84. The summed E-state index contributed by atoms with van der Waals surface area (Å²) in [7, 11) is -3.93. The highest BCUT2D eigenvalue weighted by atomic mass is 35.5. The Morgan fingerprint density at radius 1 is 1.14 bits per heavy atom. The molecule has 1 saturated carbocycles. The predicted octanol–water partition coefficient (Wildman–Crippen LogP) is 5.21. The van der Waals surface area contributed by atoms with Crippen molar-refractivity contribution in [1.82, 2.24) is 9.71 Å². The number of rotatable bonds is 0. The SMILES string of the molecule is C[C@@H]1[C@@H](C)C/C=C/C2O[C@H]2C2=C[C@H]3CC23CN2CCCCc3cc(Cl)ccc3COc3ccc(nc32)C(=O)NS1(=O)=O. The van der Waals surface area contributed by atoms with Gasteiger partial charge in [0, 0.05) is 23.5 Å². The molecule has 7 rings (SSSR count). The highest BCUT2D eigenvalue weighted by Gasteiger charge is 2.67. The Labute approximate surface area is 252 Å². The van der Waals surface area contributed by atoms with Crippen molar-refractivity contribution in [3.05, 3.63) is 76.0 Å². The predicted molar refractivity (Wildman–Crippen MR) is 161 cm³/mol. The van der Waals surface area contributed by atoms with Crippen LogP contribution in [0.3, 0.4) is 0 Å². The Balaban J connectivity index is 1.27. The smallest absolute Gasteiger partial charge is 0.283 e. The molecule has 1 spiro atoms. The lowest BCUT2D eigenvalue weighted by molar-refractivity contribution is 0.0976. The molecule has 222 valence electrons. The molecule has 1 saturated heterocycles. The van der Waals surface area contributed by atoms with Crippen LogP contribution >= 0.6 is 11.6 Å². The second-order valence-electron chi connectivity index (χ2n) is 12.5. The van der Waals surface area contributed by atoms with Crippen molar-refractivity contribution in [2.45, 2.75) is 70.0 Å². The molecule has 2 fully saturated rings. The van der Waals surface area contributed by atoms with Crippen molar-refractivity contribution in [2.24, 2.45) is 17.3 Å². The van der Waals surface area contributed by atoms with Gasteiger partial charge in [-0.25, -0.2) is 18.1 Å². The van der Waals surface area contributed by atoms with Gasteiger partial charge in [-0.05, 0) is 91.8 Å². The number of anilines is 1. The maximum atomic E-state index is 13.3. The molecule has 2 aliphatic carbocycles. The van der Waals surface area contributed by atoms with E-state index in [0.29, 0.717) is 35.5 Å². The molecular formula is C32H36ClN3O5S. The number of fused-ring (bicyclic) bond motifs is 4. The average molecular weight is 610 g/mol. The van der Waals surface area contributed by atoms with Crippen molar-refractivity contribution in [1.29, 1.82) is 0 Å². The Morgan fingerprint density at radius 2 is 2.00 bits per heavy atom. The number of aryl methyl sites for hydroxylation is 1. The third-order valence-corrected chi connectivity index (χ3v) is 11.9. The van der Waals surface area contributed by atoms with Crippen LogP contribution in [0.1, 0.15) is 61.1 Å². The van der Waals surface area contributed by atoms with Gasteiger partial charge in [-0.2, -0.15) is 0 Å². The lowest BCUT2D eigenvalue weighted by atomic mass is 9.80. The molecule has 4 heterocycles. The highest BCUT2D eigenvalue weighted by molar-refractivity contribution is 7.90. The molecule has 1 N–H and O–H groups in total. The fourth-order valence-corrected chi connectivity index (χ4v) is 8.25. The molecule has 8 nitrogen and oxygen atoms in total. The number of carbonyl (C=O) groups is 1. The molecule has 0 radical (unpaired) electrons. The van der Waals surface area contributed by atoms with Crippen LogP contribution in [-0.4, -0.2) is 49.9 Å². The van der Waals surface area contributed by atoms with Gasteiger partial charge in [0.05, 0.1) is 5.25 Å². The molecule has 10 heteroatoms. The number of hydrogen-bond donors (Lipinski definition) is 1. The van der Waals surface area contributed by atoms with E-state index in [1.165, 1.54) is 11.1 Å². The number of nitrogens with zero attached hydrogens (tertiary/aromatic N) is 2. The molecule has 1 amide bonds. The Bertz CT molecular complexity index is 1610. The second kappa shape index (κ2) is 10.4. The minimum atomic E-state index is -3.93. The van der Waals surface area contributed by atoms with Crippen LogP contribution in [0, 0.1) is 17.3 Å². The number of ether oxygens (including phenoxy) is 2. The third-order valence-electron chi connectivity index (χ3n) is 9.80. The molecule has 42 heavy (non-hydrogen) atoms. The van der Waals surface area contributed by atoms with Crippen LogP contribution in [0.2, 0.25) is 5.02 Å². The fraction of sp³-hybridized carbons (Fsp3) is 0.500. The van der Waals surface area contributed by atoms with E-state index in [1.54, 1.807) is 19.1 Å². The molecular weight excluding hydrogens is 574 g/mol. The van der Waals surface area contributed by atoms with E-state index in [4.69, 9.17) is 26.1 Å². The van der Waals surface area contributed by atoms with Crippen LogP contribution in [0.5, 0.6) is 5.75 Å². The molecule has 2 bridgehead atoms. The summed E-state index contributed by atoms with van der Waals surface area (Å²) in [5.41, 5.74) is 3.70. The summed E-state index contributed by atoms with van der Waals surface area (Å²) in [5, 5.41) is -0.0591. The van der Waals surface area contributed by atoms with Crippen LogP contribution in [-0.2, 0) is 27.8 Å². The number of hydrogen-bond acceptors (Lipinski definition) is 7. The van der Waals surface area contributed by atoms with Crippen molar-refractivity contribution in [3.63, 3.8) is 0 Å². The standard InChI is InChI=1S/C32H36ClN3O5S/c1-19-6-5-8-27-29(41-27)25-15-23-16-32(23,25)18-36-13-4-3-7-21-14-24(33)10-9-22(21)17-40-28-12-11-26(34-30(28)36)31(37)35-42(38,39)20(19)2/h5,8-12,14-15,19-20,23,27,29H,3-4,6-7,13,16-18H2,1-2H3,(H,35,37)/b8-5+/t19-,20+,23-,27?,29-,32?/m0/s1. The first-order chi connectivity index (χ1) is 20.1. The van der Waals surface area contributed by atoms with Crippen LogP contribution in [0.4, 0.5) is 5.82 Å². The van der Waals surface area contributed by atoms with Gasteiger partial charge in [-0.15, -0.1) is 0 Å². The van der Waals surface area contributed by atoms with Gasteiger partial charge in [-0.3, -0.25) is 4.79 Å². The van der Waals surface area contributed by atoms with E-state index >= 15 is 0 Å². The van der Waals surface area contributed by atoms with Crippen LogP contribution in [0.15, 0.2) is 54.1 Å². The number of sulfonamides is 1. The molecule has 6 atom stereocenters. The van der Waals surface area contributed by atoms with E-state index in [-0.39, 0.29) is 29.2 Å². The number of allylic oxidation sites excluding steroid dienone is 2. The van der Waals surface area contributed by atoms with Gasteiger partial charge < -0.3 is 14.4 Å². The number of pyridine rings is 1. The molecule has 2 unspecified atom stereocenters. The molecule has 3 aliphatic heterocycles. The zero-order chi connectivity index (χ0) is 29.2. The second-order valence-corrected chi connectivity index (χ2v) is 15.0. The van der Waals surface area contributed by atoms with Gasteiger partial charge in [0.15, 0.2) is 11.6 Å². The van der Waals surface area contributed by atoms with E-state index in [2.05, 4.69) is 21.8 Å². The monoisotopic (exact) mass is 609 g/mol. The summed E-state index contributed by atoms with van der Waals surface area (Å²) in [5.74, 6) is 0.743. The number of aromatic nitrogens is 1. The minimum Gasteiger partial charge on any atom is -0.485 e. The zero-order valence-electron chi connectivity index (χ0n) is 23.9. The first-order valence-corrected chi connectivity index (χ1v) is 16.8. The first kappa shape index (κ1) is 27.9. The lowest BCUT2D eigenvalue weighted by Crippen LogP contribution is -2.40. The summed E-state index contributed by atoms with van der Waals surface area (Å²) in [6, 6.07) is 9.18. The first-order valence-electron chi connectivity index (χ1n) is 14.9. The number of halogens is 1. The number of amides is 1. The van der Waals surface area contributed by atoms with Crippen molar-refractivity contribution in [3.8, 4) is 5.75 Å². The Hall–Kier alpha value is -2.88. The highest BCUT2D eigenvalue weighted by Crippen LogP contribution is 2.70. The van der Waals surface area contributed by atoms with E-state index in [1.807, 2.05) is 31.2 Å². The van der Waals surface area contributed by atoms with Crippen molar-refractivity contribution < 1.29 is 22.7 Å². The molecule has 2 aromatic rings. The van der Waals surface area contributed by atoms with Gasteiger partial charge in [0.2, 0.25) is 10.0 Å². The van der Waals surface area contributed by atoms with Gasteiger partial charge >= 0.3 is 0 Å². The summed E-state index contributed by atoms with van der Waals surface area (Å²) < 4.78 is 41.1. The van der Waals surface area contributed by atoms with Gasteiger partial charge in [0.25, 0.3) is 5.91 Å². The number of epoxide rings is 1. The third kappa shape index (κ3) is 5.03. The summed E-state index contributed by atoms with van der Waals surface area (Å²) >= 11 is 6.32. The Morgan fingerprint density at radius 3 is 2.81 bits per heavy atom. The Kier molecular flexibility index (Phi) is 6.90. The van der Waals surface area contributed by atoms with Crippen LogP contribution in [0.25, 0.3) is 0 Å². The van der Waals surface area contributed by atoms with Crippen molar-refractivity contribution in [2.75, 3.05) is 18.0 Å². The lowest BCUT2D eigenvalue weighted by Gasteiger charge is -2.35. The van der Waals surface area contributed by atoms with E-state index in [0.717, 1.165) is 44.3 Å².